The largest absolute Gasteiger partial charge is 0.489 e. The topological polar surface area (TPSA) is 71.0 Å². The minimum atomic E-state index is -0.418. The maximum Gasteiger partial charge on any atom is 0.245 e. The van der Waals surface area contributed by atoms with E-state index in [1.807, 2.05) is 84.9 Å². The first-order valence-electron chi connectivity index (χ1n) is 10.1. The van der Waals surface area contributed by atoms with Gasteiger partial charge in [0.1, 0.15) is 12.4 Å². The predicted molar refractivity (Wildman–Crippen MR) is 120 cm³/mol. The predicted octanol–water partition coefficient (Wildman–Crippen LogP) is 3.77. The van der Waals surface area contributed by atoms with E-state index in [1.54, 1.807) is 11.1 Å². The summed E-state index contributed by atoms with van der Waals surface area (Å²) in [4.78, 5) is 26.3. The van der Waals surface area contributed by atoms with Gasteiger partial charge in [0.2, 0.25) is 11.8 Å². The van der Waals surface area contributed by atoms with E-state index in [1.165, 1.54) is 0 Å². The van der Waals surface area contributed by atoms with Crippen molar-refractivity contribution in [3.8, 4) is 5.75 Å². The first kappa shape index (κ1) is 20.3. The molecule has 31 heavy (non-hydrogen) atoms. The van der Waals surface area contributed by atoms with Gasteiger partial charge in [-0.15, -0.1) is 0 Å². The van der Waals surface area contributed by atoms with Crippen molar-refractivity contribution < 1.29 is 14.3 Å². The minimum absolute atomic E-state index is 0.0542. The minimum Gasteiger partial charge on any atom is -0.489 e. The number of carbonyl (C=O) groups excluding carboxylic acids is 2. The molecule has 4 rings (SSSR count). The molecule has 1 aliphatic rings. The molecule has 0 aromatic heterocycles. The molecule has 0 unspecified atom stereocenters. The van der Waals surface area contributed by atoms with Gasteiger partial charge in [0.05, 0.1) is 12.1 Å². The van der Waals surface area contributed by atoms with Gasteiger partial charge < -0.3 is 9.64 Å². The number of para-hydroxylation sites is 1. The molecule has 3 aromatic carbocycles. The van der Waals surface area contributed by atoms with Crippen LogP contribution in [0.2, 0.25) is 0 Å². The van der Waals surface area contributed by atoms with E-state index in [9.17, 15) is 9.59 Å². The highest BCUT2D eigenvalue weighted by Gasteiger charge is 2.34. The Morgan fingerprint density at radius 3 is 2.39 bits per heavy atom. The first-order valence-corrected chi connectivity index (χ1v) is 10.1. The normalized spacial score (nSPS) is 15.9. The highest BCUT2D eigenvalue weighted by atomic mass is 16.5. The van der Waals surface area contributed by atoms with Crippen LogP contribution in [-0.4, -0.2) is 24.6 Å². The zero-order chi connectivity index (χ0) is 21.5. The van der Waals surface area contributed by atoms with Crippen molar-refractivity contribution in [2.75, 3.05) is 11.4 Å². The van der Waals surface area contributed by atoms with Crippen molar-refractivity contribution in [3.05, 3.63) is 96.1 Å². The van der Waals surface area contributed by atoms with Crippen LogP contribution < -0.4 is 15.1 Å². The molecule has 6 heteroatoms. The van der Waals surface area contributed by atoms with E-state index in [4.69, 9.17) is 4.74 Å². The molecule has 1 atom stereocenters. The summed E-state index contributed by atoms with van der Waals surface area (Å²) in [5, 5.41) is 4.04. The highest BCUT2D eigenvalue weighted by Crippen LogP contribution is 2.24. The molecule has 156 valence electrons. The van der Waals surface area contributed by atoms with Gasteiger partial charge in [0, 0.05) is 18.7 Å². The Morgan fingerprint density at radius 1 is 1.00 bits per heavy atom. The van der Waals surface area contributed by atoms with Crippen LogP contribution in [0.15, 0.2) is 90.0 Å². The van der Waals surface area contributed by atoms with Crippen LogP contribution in [0.5, 0.6) is 5.75 Å². The number of nitrogens with one attached hydrogen (secondary N) is 1. The van der Waals surface area contributed by atoms with E-state index < -0.39 is 5.92 Å². The van der Waals surface area contributed by atoms with Gasteiger partial charge in [-0.05, 0) is 47.5 Å². The van der Waals surface area contributed by atoms with Crippen molar-refractivity contribution in [3.63, 3.8) is 0 Å². The quantitative estimate of drug-likeness (QED) is 0.473. The standard InChI is InChI=1S/C25H23N3O3/c29-24-15-21(17-28(24)22-9-5-2-6-10-22)25(30)27-26-16-19-11-13-23(14-12-19)31-18-20-7-3-1-4-8-20/h1-14,16,21H,15,17-18H2,(H,27,30)/b26-16-/t21-/m1/s1. The Morgan fingerprint density at radius 2 is 1.68 bits per heavy atom. The lowest BCUT2D eigenvalue weighted by Gasteiger charge is -2.16. The van der Waals surface area contributed by atoms with E-state index in [0.29, 0.717) is 13.2 Å². The highest BCUT2D eigenvalue weighted by molar-refractivity contribution is 6.00. The molecule has 6 nitrogen and oxygen atoms in total. The third kappa shape index (κ3) is 5.36. The van der Waals surface area contributed by atoms with Crippen molar-refractivity contribution >= 4 is 23.7 Å². The number of hydrogen-bond acceptors (Lipinski definition) is 4. The molecule has 1 N–H and O–H groups in total. The lowest BCUT2D eigenvalue weighted by Crippen LogP contribution is -2.30. The molecular weight excluding hydrogens is 390 g/mol. The van der Waals surface area contributed by atoms with Crippen LogP contribution in [-0.2, 0) is 16.2 Å². The third-order valence-corrected chi connectivity index (χ3v) is 5.08. The number of hydrogen-bond donors (Lipinski definition) is 1. The summed E-state index contributed by atoms with van der Waals surface area (Å²) in [6.07, 6.45) is 1.76. The van der Waals surface area contributed by atoms with Gasteiger partial charge >= 0.3 is 0 Å². The van der Waals surface area contributed by atoms with Crippen LogP contribution in [0, 0.1) is 5.92 Å². The van der Waals surface area contributed by atoms with Gasteiger partial charge in [-0.2, -0.15) is 5.10 Å². The zero-order valence-electron chi connectivity index (χ0n) is 17.0. The van der Waals surface area contributed by atoms with Crippen LogP contribution in [0.4, 0.5) is 5.69 Å². The Bertz CT molecular complexity index is 1050. The number of carbonyl (C=O) groups is 2. The lowest BCUT2D eigenvalue weighted by atomic mass is 10.1. The summed E-state index contributed by atoms with van der Waals surface area (Å²) in [5.41, 5.74) is 5.29. The lowest BCUT2D eigenvalue weighted by molar-refractivity contribution is -0.126. The summed E-state index contributed by atoms with van der Waals surface area (Å²) in [6.45, 7) is 0.863. The monoisotopic (exact) mass is 413 g/mol. The number of benzene rings is 3. The fourth-order valence-electron chi connectivity index (χ4n) is 3.39. The molecule has 1 fully saturated rings. The Hall–Kier alpha value is -3.93. The summed E-state index contributed by atoms with van der Waals surface area (Å²) < 4.78 is 5.76. The number of nitrogens with zero attached hydrogens (tertiary/aromatic N) is 2. The van der Waals surface area contributed by atoms with E-state index >= 15 is 0 Å². The van der Waals surface area contributed by atoms with Crippen LogP contribution >= 0.6 is 0 Å². The summed E-state index contributed by atoms with van der Waals surface area (Å²) >= 11 is 0. The number of ether oxygens (including phenoxy) is 1. The summed E-state index contributed by atoms with van der Waals surface area (Å²) in [7, 11) is 0. The molecule has 0 saturated carbocycles. The zero-order valence-corrected chi connectivity index (χ0v) is 17.0. The van der Waals surface area contributed by atoms with Gasteiger partial charge in [0.25, 0.3) is 0 Å². The van der Waals surface area contributed by atoms with Gasteiger partial charge in [-0.25, -0.2) is 5.43 Å². The average Bonchev–Trinajstić information content (AvgIpc) is 3.21. The van der Waals surface area contributed by atoms with E-state index in [-0.39, 0.29) is 18.2 Å². The first-order chi connectivity index (χ1) is 15.2. The van der Waals surface area contributed by atoms with Crippen molar-refractivity contribution in [2.24, 2.45) is 11.0 Å². The van der Waals surface area contributed by atoms with E-state index in [0.717, 1.165) is 22.6 Å². The SMILES string of the molecule is O=C(N/N=C\c1ccc(OCc2ccccc2)cc1)[C@@H]1CC(=O)N(c2ccccc2)C1. The number of rotatable bonds is 7. The molecule has 3 aromatic rings. The van der Waals surface area contributed by atoms with Crippen molar-refractivity contribution in [1.82, 2.24) is 5.43 Å². The number of hydrazone groups is 1. The Labute approximate surface area is 181 Å². The van der Waals surface area contributed by atoms with Gasteiger partial charge in [0.15, 0.2) is 0 Å². The van der Waals surface area contributed by atoms with Crippen molar-refractivity contribution in [2.45, 2.75) is 13.0 Å². The summed E-state index contributed by atoms with van der Waals surface area (Å²) in [5.74, 6) is 0.0291. The molecule has 0 aliphatic carbocycles. The van der Waals surface area contributed by atoms with Gasteiger partial charge in [-0.3, -0.25) is 9.59 Å². The fourth-order valence-corrected chi connectivity index (χ4v) is 3.39. The molecular formula is C25H23N3O3. The second kappa shape index (κ2) is 9.71. The van der Waals surface area contributed by atoms with Crippen molar-refractivity contribution in [1.29, 1.82) is 0 Å². The molecule has 0 spiro atoms. The second-order valence-electron chi connectivity index (χ2n) is 7.32. The Balaban J connectivity index is 1.26. The molecule has 2 amide bonds. The molecule has 0 bridgehead atoms. The average molecular weight is 413 g/mol. The number of anilines is 1. The molecule has 1 heterocycles. The fraction of sp³-hybridized carbons (Fsp3) is 0.160. The molecule has 1 saturated heterocycles. The third-order valence-electron chi connectivity index (χ3n) is 5.08. The maximum absolute atomic E-state index is 12.4. The molecule has 0 radical (unpaired) electrons. The smallest absolute Gasteiger partial charge is 0.245 e. The Kier molecular flexibility index (Phi) is 6.38. The molecule has 1 aliphatic heterocycles. The van der Waals surface area contributed by atoms with Crippen LogP contribution in [0.1, 0.15) is 17.5 Å². The number of amides is 2. The van der Waals surface area contributed by atoms with Gasteiger partial charge in [-0.1, -0.05) is 48.5 Å². The second-order valence-corrected chi connectivity index (χ2v) is 7.32. The summed E-state index contributed by atoms with van der Waals surface area (Å²) in [6, 6.07) is 26.8. The van der Waals surface area contributed by atoms with E-state index in [2.05, 4.69) is 10.5 Å². The van der Waals surface area contributed by atoms with Crippen LogP contribution in [0.3, 0.4) is 0 Å². The maximum atomic E-state index is 12.4. The van der Waals surface area contributed by atoms with Crippen LogP contribution in [0.25, 0.3) is 0 Å².